The lowest BCUT2D eigenvalue weighted by Crippen LogP contribution is -2.31. The molecule has 0 spiro atoms. The van der Waals surface area contributed by atoms with Crippen molar-refractivity contribution in [2.24, 2.45) is 0 Å². The summed E-state index contributed by atoms with van der Waals surface area (Å²) in [6.45, 7) is 0.607. The molecular weight excluding hydrogens is 254 g/mol. The molecule has 1 aliphatic rings. The van der Waals surface area contributed by atoms with Crippen LogP contribution in [0.2, 0.25) is 0 Å². The van der Waals surface area contributed by atoms with Gasteiger partial charge in [-0.1, -0.05) is 12.1 Å². The number of unbranched alkanes of at least 4 members (excludes halogenated alkanes) is 1. The molecule has 1 aliphatic heterocycles. The molecule has 0 aromatic heterocycles. The van der Waals surface area contributed by atoms with Gasteiger partial charge in [-0.3, -0.25) is 14.5 Å². The van der Waals surface area contributed by atoms with Gasteiger partial charge in [0.2, 0.25) is 11.8 Å². The number of methoxy groups -OCH3 is 1. The number of carbonyl (C=O) groups is 2. The van der Waals surface area contributed by atoms with Crippen LogP contribution in [-0.4, -0.2) is 30.4 Å². The van der Waals surface area contributed by atoms with E-state index in [1.165, 1.54) is 10.5 Å². The van der Waals surface area contributed by atoms with Gasteiger partial charge in [0.15, 0.2) is 0 Å². The number of benzene rings is 1. The van der Waals surface area contributed by atoms with Gasteiger partial charge in [0.1, 0.15) is 5.75 Å². The third kappa shape index (κ3) is 3.83. The Morgan fingerprint density at radius 1 is 1.25 bits per heavy atom. The molecule has 0 atom stereocenters. The van der Waals surface area contributed by atoms with Gasteiger partial charge in [-0.25, -0.2) is 0 Å². The van der Waals surface area contributed by atoms with Crippen molar-refractivity contribution in [2.45, 2.75) is 38.5 Å². The summed E-state index contributed by atoms with van der Waals surface area (Å²) in [5, 5.41) is 0. The molecule has 1 fully saturated rings. The predicted molar refractivity (Wildman–Crippen MR) is 76.5 cm³/mol. The first-order valence-electron chi connectivity index (χ1n) is 7.17. The van der Waals surface area contributed by atoms with E-state index in [9.17, 15) is 9.59 Å². The Hall–Kier alpha value is -1.84. The van der Waals surface area contributed by atoms with Gasteiger partial charge in [0.05, 0.1) is 7.11 Å². The topological polar surface area (TPSA) is 46.6 Å². The van der Waals surface area contributed by atoms with E-state index in [-0.39, 0.29) is 11.8 Å². The lowest BCUT2D eigenvalue weighted by Gasteiger charge is -2.13. The van der Waals surface area contributed by atoms with Crippen LogP contribution in [0.5, 0.6) is 5.75 Å². The van der Waals surface area contributed by atoms with Gasteiger partial charge in [0.25, 0.3) is 0 Å². The van der Waals surface area contributed by atoms with E-state index in [0.717, 1.165) is 31.4 Å². The van der Waals surface area contributed by atoms with E-state index in [0.29, 0.717) is 19.4 Å². The van der Waals surface area contributed by atoms with E-state index in [2.05, 4.69) is 0 Å². The fourth-order valence-electron chi connectivity index (χ4n) is 2.44. The molecule has 0 unspecified atom stereocenters. The number of hydrogen-bond donors (Lipinski definition) is 0. The fourth-order valence-corrected chi connectivity index (χ4v) is 2.44. The maximum Gasteiger partial charge on any atom is 0.229 e. The highest BCUT2D eigenvalue weighted by Crippen LogP contribution is 2.15. The summed E-state index contributed by atoms with van der Waals surface area (Å²) in [5.41, 5.74) is 1.25. The van der Waals surface area contributed by atoms with Gasteiger partial charge >= 0.3 is 0 Å². The third-order valence-corrected chi connectivity index (χ3v) is 3.64. The van der Waals surface area contributed by atoms with Crippen LogP contribution in [0.15, 0.2) is 24.3 Å². The van der Waals surface area contributed by atoms with Crippen molar-refractivity contribution in [1.29, 1.82) is 0 Å². The smallest absolute Gasteiger partial charge is 0.229 e. The Bertz CT molecular complexity index is 467. The predicted octanol–water partition coefficient (Wildman–Crippen LogP) is 2.56. The molecule has 1 aromatic rings. The van der Waals surface area contributed by atoms with Crippen LogP contribution in [0.3, 0.4) is 0 Å². The SMILES string of the molecule is COc1ccc(CCCCC(=O)N2CCCC2=O)cc1. The number of likely N-dealkylation sites (tertiary alicyclic amines) is 1. The highest BCUT2D eigenvalue weighted by atomic mass is 16.5. The molecule has 2 amide bonds. The quantitative estimate of drug-likeness (QED) is 0.750. The Kier molecular flexibility index (Phi) is 5.16. The fraction of sp³-hybridized carbons (Fsp3) is 0.500. The van der Waals surface area contributed by atoms with Crippen molar-refractivity contribution >= 4 is 11.8 Å². The summed E-state index contributed by atoms with van der Waals surface area (Å²) in [7, 11) is 1.65. The molecule has 0 saturated carbocycles. The van der Waals surface area contributed by atoms with Crippen molar-refractivity contribution in [3.8, 4) is 5.75 Å². The van der Waals surface area contributed by atoms with Crippen molar-refractivity contribution in [3.05, 3.63) is 29.8 Å². The van der Waals surface area contributed by atoms with Crippen LogP contribution >= 0.6 is 0 Å². The van der Waals surface area contributed by atoms with E-state index in [4.69, 9.17) is 4.74 Å². The summed E-state index contributed by atoms with van der Waals surface area (Å²) < 4.78 is 5.11. The number of carbonyl (C=O) groups excluding carboxylic acids is 2. The number of hydrogen-bond acceptors (Lipinski definition) is 3. The first kappa shape index (κ1) is 14.6. The summed E-state index contributed by atoms with van der Waals surface area (Å²) in [6.07, 6.45) is 4.55. The molecule has 1 saturated heterocycles. The summed E-state index contributed by atoms with van der Waals surface area (Å²) in [6, 6.07) is 7.99. The lowest BCUT2D eigenvalue weighted by atomic mass is 10.1. The molecular formula is C16H21NO3. The molecule has 2 rings (SSSR count). The molecule has 0 radical (unpaired) electrons. The van der Waals surface area contributed by atoms with E-state index < -0.39 is 0 Å². The van der Waals surface area contributed by atoms with Crippen LogP contribution < -0.4 is 4.74 Å². The average molecular weight is 275 g/mol. The van der Waals surface area contributed by atoms with Crippen LogP contribution in [-0.2, 0) is 16.0 Å². The molecule has 1 heterocycles. The second-order valence-electron chi connectivity index (χ2n) is 5.10. The van der Waals surface area contributed by atoms with E-state index >= 15 is 0 Å². The Balaban J connectivity index is 1.68. The van der Waals surface area contributed by atoms with Crippen LogP contribution in [0, 0.1) is 0 Å². The molecule has 0 N–H and O–H groups in total. The molecule has 1 aromatic carbocycles. The van der Waals surface area contributed by atoms with Crippen LogP contribution in [0.25, 0.3) is 0 Å². The van der Waals surface area contributed by atoms with Gasteiger partial charge < -0.3 is 4.74 Å². The van der Waals surface area contributed by atoms with E-state index in [1.807, 2.05) is 24.3 Å². The van der Waals surface area contributed by atoms with Gasteiger partial charge in [-0.15, -0.1) is 0 Å². The largest absolute Gasteiger partial charge is 0.497 e. The Morgan fingerprint density at radius 2 is 2.00 bits per heavy atom. The second-order valence-corrected chi connectivity index (χ2v) is 5.10. The Morgan fingerprint density at radius 3 is 2.60 bits per heavy atom. The highest BCUT2D eigenvalue weighted by Gasteiger charge is 2.25. The molecule has 0 aliphatic carbocycles. The first-order chi connectivity index (χ1) is 9.70. The maximum absolute atomic E-state index is 11.8. The zero-order valence-corrected chi connectivity index (χ0v) is 11.9. The monoisotopic (exact) mass is 275 g/mol. The van der Waals surface area contributed by atoms with Crippen LogP contribution in [0.4, 0.5) is 0 Å². The van der Waals surface area contributed by atoms with Crippen LogP contribution in [0.1, 0.15) is 37.7 Å². The molecule has 108 valence electrons. The molecule has 4 nitrogen and oxygen atoms in total. The van der Waals surface area contributed by atoms with Crippen molar-refractivity contribution < 1.29 is 14.3 Å². The standard InChI is InChI=1S/C16H21NO3/c1-20-14-10-8-13(9-11-14)5-2-3-6-15(18)17-12-4-7-16(17)19/h8-11H,2-7,12H2,1H3. The molecule has 20 heavy (non-hydrogen) atoms. The minimum Gasteiger partial charge on any atom is -0.497 e. The zero-order valence-electron chi connectivity index (χ0n) is 11.9. The summed E-state index contributed by atoms with van der Waals surface area (Å²) in [4.78, 5) is 24.7. The first-order valence-corrected chi connectivity index (χ1v) is 7.17. The Labute approximate surface area is 119 Å². The maximum atomic E-state index is 11.8. The van der Waals surface area contributed by atoms with Gasteiger partial charge in [-0.05, 0) is 43.4 Å². The minimum atomic E-state index is -0.0118. The number of amides is 2. The number of imide groups is 1. The molecule has 0 bridgehead atoms. The van der Waals surface area contributed by atoms with Crippen molar-refractivity contribution in [1.82, 2.24) is 4.90 Å². The van der Waals surface area contributed by atoms with Gasteiger partial charge in [-0.2, -0.15) is 0 Å². The van der Waals surface area contributed by atoms with Gasteiger partial charge in [0, 0.05) is 19.4 Å². The van der Waals surface area contributed by atoms with Crippen molar-refractivity contribution in [2.75, 3.05) is 13.7 Å². The number of rotatable bonds is 6. The van der Waals surface area contributed by atoms with E-state index in [1.54, 1.807) is 7.11 Å². The average Bonchev–Trinajstić information content (AvgIpc) is 2.90. The third-order valence-electron chi connectivity index (χ3n) is 3.64. The van der Waals surface area contributed by atoms with Crippen molar-refractivity contribution in [3.63, 3.8) is 0 Å². The second kappa shape index (κ2) is 7.08. The highest BCUT2D eigenvalue weighted by molar-refractivity contribution is 5.96. The lowest BCUT2D eigenvalue weighted by molar-refractivity contribution is -0.141. The number of aryl methyl sites for hydroxylation is 1. The number of ether oxygens (including phenoxy) is 1. The molecule has 4 heteroatoms. The summed E-state index contributed by atoms with van der Waals surface area (Å²) in [5.74, 6) is 0.837. The normalized spacial score (nSPS) is 14.7. The minimum absolute atomic E-state index is 0.00912. The summed E-state index contributed by atoms with van der Waals surface area (Å²) >= 11 is 0. The zero-order chi connectivity index (χ0) is 14.4. The number of nitrogens with zero attached hydrogens (tertiary/aromatic N) is 1.